The number of allylic oxidation sites excluding steroid dienone is 4. The van der Waals surface area contributed by atoms with Crippen molar-refractivity contribution >= 4 is 5.78 Å². The zero-order valence-corrected chi connectivity index (χ0v) is 9.40. The van der Waals surface area contributed by atoms with Crippen LogP contribution in [0.1, 0.15) is 47.5 Å². The molecule has 1 nitrogen and oxygen atoms in total. The van der Waals surface area contributed by atoms with Gasteiger partial charge in [-0.15, -0.1) is 0 Å². The summed E-state index contributed by atoms with van der Waals surface area (Å²) in [6.45, 7) is 9.95. The molecule has 0 aromatic carbocycles. The molecule has 13 heavy (non-hydrogen) atoms. The third-order valence-electron chi connectivity index (χ3n) is 2.38. The Kier molecular flexibility index (Phi) is 5.36. The summed E-state index contributed by atoms with van der Waals surface area (Å²) in [5.74, 6) is 0.240. The molecule has 0 aromatic heterocycles. The van der Waals surface area contributed by atoms with E-state index in [1.54, 1.807) is 6.92 Å². The highest BCUT2D eigenvalue weighted by molar-refractivity contribution is 5.79. The Morgan fingerprint density at radius 1 is 1.23 bits per heavy atom. The minimum Gasteiger partial charge on any atom is -0.300 e. The third kappa shape index (κ3) is 4.07. The molecule has 0 spiro atoms. The van der Waals surface area contributed by atoms with Gasteiger partial charge in [0.05, 0.1) is 0 Å². The fraction of sp³-hybridized carbons (Fsp3) is 0.583. The van der Waals surface area contributed by atoms with Crippen LogP contribution in [0.25, 0.3) is 0 Å². The second-order valence-corrected chi connectivity index (χ2v) is 3.46. The van der Waals surface area contributed by atoms with Gasteiger partial charge in [0, 0.05) is 6.42 Å². The summed E-state index contributed by atoms with van der Waals surface area (Å²) in [6, 6.07) is 0. The molecule has 0 N–H and O–H groups in total. The van der Waals surface area contributed by atoms with Crippen LogP contribution < -0.4 is 0 Å². The second-order valence-electron chi connectivity index (χ2n) is 3.46. The molecule has 0 unspecified atom stereocenters. The van der Waals surface area contributed by atoms with Gasteiger partial charge in [-0.2, -0.15) is 0 Å². The molecule has 0 rings (SSSR count). The average molecular weight is 180 g/mol. The summed E-state index contributed by atoms with van der Waals surface area (Å²) in [6.07, 6.45) is 3.67. The smallest absolute Gasteiger partial charge is 0.134 e. The quantitative estimate of drug-likeness (QED) is 0.603. The molecule has 0 aliphatic heterocycles. The van der Waals surface area contributed by atoms with E-state index < -0.39 is 0 Å². The summed E-state index contributed by atoms with van der Waals surface area (Å²) in [7, 11) is 0. The Morgan fingerprint density at radius 3 is 2.08 bits per heavy atom. The summed E-state index contributed by atoms with van der Waals surface area (Å²) in [5, 5.41) is 0. The minimum atomic E-state index is 0.240. The Labute approximate surface area is 81.5 Å². The molecule has 74 valence electrons. The molecule has 0 aliphatic rings. The van der Waals surface area contributed by atoms with Crippen molar-refractivity contribution in [1.82, 2.24) is 0 Å². The van der Waals surface area contributed by atoms with Crippen LogP contribution >= 0.6 is 0 Å². The molecule has 1 heteroatoms. The van der Waals surface area contributed by atoms with E-state index in [1.807, 2.05) is 6.92 Å². The topological polar surface area (TPSA) is 17.1 Å². The molecule has 0 heterocycles. The van der Waals surface area contributed by atoms with Gasteiger partial charge in [0.25, 0.3) is 0 Å². The lowest BCUT2D eigenvalue weighted by molar-refractivity contribution is -0.116. The van der Waals surface area contributed by atoms with Crippen molar-refractivity contribution in [2.45, 2.75) is 47.5 Å². The number of hydrogen-bond acceptors (Lipinski definition) is 1. The lowest BCUT2D eigenvalue weighted by Gasteiger charge is -2.10. The van der Waals surface area contributed by atoms with Crippen molar-refractivity contribution < 1.29 is 4.79 Å². The summed E-state index contributed by atoms with van der Waals surface area (Å²) < 4.78 is 0. The Balaban J connectivity index is 4.87. The molecule has 0 saturated heterocycles. The van der Waals surface area contributed by atoms with Crippen LogP contribution in [0.4, 0.5) is 0 Å². The molecule has 0 bridgehead atoms. The number of hydrogen-bond donors (Lipinski definition) is 0. The van der Waals surface area contributed by atoms with Crippen LogP contribution in [-0.4, -0.2) is 5.78 Å². The summed E-state index contributed by atoms with van der Waals surface area (Å²) in [5.41, 5.74) is 3.78. The van der Waals surface area contributed by atoms with Crippen LogP contribution in [0.15, 0.2) is 22.8 Å². The van der Waals surface area contributed by atoms with Gasteiger partial charge < -0.3 is 0 Å². The maximum Gasteiger partial charge on any atom is 0.134 e. The highest BCUT2D eigenvalue weighted by Crippen LogP contribution is 2.20. The molecule has 0 saturated carbocycles. The van der Waals surface area contributed by atoms with Crippen molar-refractivity contribution in [2.24, 2.45) is 0 Å². The van der Waals surface area contributed by atoms with Gasteiger partial charge in [-0.3, -0.25) is 4.79 Å². The summed E-state index contributed by atoms with van der Waals surface area (Å²) >= 11 is 0. The fourth-order valence-electron chi connectivity index (χ4n) is 1.26. The van der Waals surface area contributed by atoms with Gasteiger partial charge in [0.15, 0.2) is 0 Å². The standard InChI is InChI=1S/C12H20O/c1-6-9(3)12(8-11(5)13)10(4)7-2/h6H,7-8H2,1-5H3/b9-6-,12-10-. The van der Waals surface area contributed by atoms with Crippen molar-refractivity contribution in [2.75, 3.05) is 0 Å². The second kappa shape index (κ2) is 5.74. The Hall–Kier alpha value is -0.850. The van der Waals surface area contributed by atoms with E-state index in [-0.39, 0.29) is 5.78 Å². The Morgan fingerprint density at radius 2 is 1.77 bits per heavy atom. The highest BCUT2D eigenvalue weighted by Gasteiger charge is 2.05. The van der Waals surface area contributed by atoms with E-state index in [9.17, 15) is 4.79 Å². The monoisotopic (exact) mass is 180 g/mol. The number of Topliss-reactive ketones (excluding diaryl/α,β-unsaturated/α-hetero) is 1. The normalized spacial score (nSPS) is 14.1. The first-order chi connectivity index (χ1) is 6.02. The van der Waals surface area contributed by atoms with Gasteiger partial charge >= 0.3 is 0 Å². The van der Waals surface area contributed by atoms with Gasteiger partial charge in [-0.1, -0.05) is 24.1 Å². The molecule has 0 radical (unpaired) electrons. The number of carbonyl (C=O) groups is 1. The predicted molar refractivity (Wildman–Crippen MR) is 57.7 cm³/mol. The predicted octanol–water partition coefficient (Wildman–Crippen LogP) is 3.66. The lowest BCUT2D eigenvalue weighted by Crippen LogP contribution is -1.98. The van der Waals surface area contributed by atoms with E-state index in [0.29, 0.717) is 6.42 Å². The minimum absolute atomic E-state index is 0.240. The molecule has 0 aromatic rings. The number of rotatable bonds is 4. The fourth-order valence-corrected chi connectivity index (χ4v) is 1.26. The van der Waals surface area contributed by atoms with Gasteiger partial charge in [0.2, 0.25) is 0 Å². The zero-order valence-electron chi connectivity index (χ0n) is 9.40. The SMILES string of the molecule is C/C=C(C)\C(CC(C)=O)=C(\C)CC. The summed E-state index contributed by atoms with van der Waals surface area (Å²) in [4.78, 5) is 11.0. The van der Waals surface area contributed by atoms with Gasteiger partial charge in [-0.05, 0) is 39.7 Å². The molecule has 0 amide bonds. The van der Waals surface area contributed by atoms with E-state index in [1.165, 1.54) is 16.7 Å². The van der Waals surface area contributed by atoms with Gasteiger partial charge in [0.1, 0.15) is 5.78 Å². The van der Waals surface area contributed by atoms with E-state index in [0.717, 1.165) is 6.42 Å². The largest absolute Gasteiger partial charge is 0.300 e. The average Bonchev–Trinajstić information content (AvgIpc) is 2.11. The third-order valence-corrected chi connectivity index (χ3v) is 2.38. The van der Waals surface area contributed by atoms with E-state index in [2.05, 4.69) is 26.8 Å². The highest BCUT2D eigenvalue weighted by atomic mass is 16.1. The first-order valence-electron chi connectivity index (χ1n) is 4.84. The van der Waals surface area contributed by atoms with Crippen molar-refractivity contribution in [3.05, 3.63) is 22.8 Å². The van der Waals surface area contributed by atoms with Crippen LogP contribution in [0.3, 0.4) is 0 Å². The number of carbonyl (C=O) groups excluding carboxylic acids is 1. The maximum absolute atomic E-state index is 11.0. The molecule has 0 aliphatic carbocycles. The zero-order chi connectivity index (χ0) is 10.4. The number of ketones is 1. The van der Waals surface area contributed by atoms with E-state index >= 15 is 0 Å². The molecule has 0 atom stereocenters. The maximum atomic E-state index is 11.0. The molecule has 0 fully saturated rings. The Bertz CT molecular complexity index is 244. The lowest BCUT2D eigenvalue weighted by atomic mass is 9.96. The van der Waals surface area contributed by atoms with Crippen LogP contribution in [-0.2, 0) is 4.79 Å². The van der Waals surface area contributed by atoms with Crippen LogP contribution in [0.5, 0.6) is 0 Å². The molecular weight excluding hydrogens is 160 g/mol. The van der Waals surface area contributed by atoms with Gasteiger partial charge in [-0.25, -0.2) is 0 Å². The van der Waals surface area contributed by atoms with E-state index in [4.69, 9.17) is 0 Å². The van der Waals surface area contributed by atoms with Crippen molar-refractivity contribution in [1.29, 1.82) is 0 Å². The van der Waals surface area contributed by atoms with Crippen LogP contribution in [0.2, 0.25) is 0 Å². The van der Waals surface area contributed by atoms with Crippen LogP contribution in [0, 0.1) is 0 Å². The first-order valence-corrected chi connectivity index (χ1v) is 4.84. The van der Waals surface area contributed by atoms with Crippen molar-refractivity contribution in [3.8, 4) is 0 Å². The first kappa shape index (κ1) is 12.2. The molecular formula is C12H20O. The van der Waals surface area contributed by atoms with Crippen molar-refractivity contribution in [3.63, 3.8) is 0 Å².